The van der Waals surface area contributed by atoms with E-state index in [0.717, 1.165) is 26.2 Å². The maximum absolute atomic E-state index is 12.9. The van der Waals surface area contributed by atoms with Crippen LogP contribution < -0.4 is 5.32 Å². The molecule has 1 atom stereocenters. The van der Waals surface area contributed by atoms with Gasteiger partial charge in [0.2, 0.25) is 5.95 Å². The third-order valence-electron chi connectivity index (χ3n) is 3.63. The highest BCUT2D eigenvalue weighted by molar-refractivity contribution is 5.33. The first-order valence-corrected chi connectivity index (χ1v) is 6.14. The van der Waals surface area contributed by atoms with Crippen molar-refractivity contribution in [3.8, 4) is 0 Å². The minimum Gasteiger partial charge on any atom is -0.368 e. The van der Waals surface area contributed by atoms with Crippen LogP contribution in [0.2, 0.25) is 0 Å². The molecule has 2 bridgehead atoms. The largest absolute Gasteiger partial charge is 0.368 e. The standard InChI is InChI=1S/C12H17FN4/c13-11-2-1-3-12(15-11)14-8-10-9-16-4-6-17(10)7-5-16/h1-3,10H,4-9H2,(H,14,15). The number of fused-ring (bicyclic) bond motifs is 3. The second kappa shape index (κ2) is 4.58. The van der Waals surface area contributed by atoms with E-state index in [1.165, 1.54) is 19.2 Å². The van der Waals surface area contributed by atoms with Crippen molar-refractivity contribution in [2.45, 2.75) is 6.04 Å². The zero-order chi connectivity index (χ0) is 11.7. The summed E-state index contributed by atoms with van der Waals surface area (Å²) >= 11 is 0. The Kier molecular flexibility index (Phi) is 2.94. The third kappa shape index (κ3) is 2.40. The maximum Gasteiger partial charge on any atom is 0.214 e. The summed E-state index contributed by atoms with van der Waals surface area (Å²) in [5, 5.41) is 3.22. The molecule has 1 aromatic rings. The van der Waals surface area contributed by atoms with Crippen molar-refractivity contribution in [3.63, 3.8) is 0 Å². The number of nitrogens with zero attached hydrogens (tertiary/aromatic N) is 3. The molecule has 0 spiro atoms. The van der Waals surface area contributed by atoms with Crippen LogP contribution in [0.25, 0.3) is 0 Å². The van der Waals surface area contributed by atoms with Crippen LogP contribution in [0.15, 0.2) is 18.2 Å². The lowest BCUT2D eigenvalue weighted by Gasteiger charge is -2.47. The average molecular weight is 236 g/mol. The molecule has 3 fully saturated rings. The number of hydrogen-bond donors (Lipinski definition) is 1. The van der Waals surface area contributed by atoms with Crippen LogP contribution >= 0.6 is 0 Å². The second-order valence-electron chi connectivity index (χ2n) is 4.72. The van der Waals surface area contributed by atoms with Gasteiger partial charge in [-0.15, -0.1) is 0 Å². The molecule has 4 rings (SSSR count). The highest BCUT2D eigenvalue weighted by Gasteiger charge is 2.31. The van der Waals surface area contributed by atoms with Gasteiger partial charge in [0.15, 0.2) is 0 Å². The molecule has 0 saturated carbocycles. The van der Waals surface area contributed by atoms with E-state index in [9.17, 15) is 4.39 Å². The van der Waals surface area contributed by atoms with Crippen LogP contribution in [-0.4, -0.2) is 60.1 Å². The fourth-order valence-corrected chi connectivity index (χ4v) is 2.65. The van der Waals surface area contributed by atoms with E-state index in [-0.39, 0.29) is 0 Å². The van der Waals surface area contributed by atoms with Crippen molar-refractivity contribution >= 4 is 5.82 Å². The number of halogens is 1. The first kappa shape index (κ1) is 10.9. The third-order valence-corrected chi connectivity index (χ3v) is 3.63. The van der Waals surface area contributed by atoms with Crippen molar-refractivity contribution in [1.29, 1.82) is 0 Å². The lowest BCUT2D eigenvalue weighted by atomic mass is 10.1. The van der Waals surface area contributed by atoms with E-state index >= 15 is 0 Å². The predicted octanol–water partition coefficient (Wildman–Crippen LogP) is 0.632. The van der Waals surface area contributed by atoms with Crippen LogP contribution in [0.4, 0.5) is 10.2 Å². The normalized spacial score (nSPS) is 31.5. The van der Waals surface area contributed by atoms with E-state index in [1.807, 2.05) is 0 Å². The molecule has 3 aliphatic rings. The zero-order valence-electron chi connectivity index (χ0n) is 9.77. The summed E-state index contributed by atoms with van der Waals surface area (Å²) in [7, 11) is 0. The molecule has 92 valence electrons. The monoisotopic (exact) mass is 236 g/mol. The Morgan fingerprint density at radius 1 is 1.29 bits per heavy atom. The summed E-state index contributed by atoms with van der Waals surface area (Å²) in [5.41, 5.74) is 0. The minimum absolute atomic E-state index is 0.427. The van der Waals surface area contributed by atoms with Gasteiger partial charge >= 0.3 is 0 Å². The molecule has 17 heavy (non-hydrogen) atoms. The predicted molar refractivity (Wildman–Crippen MR) is 64.5 cm³/mol. The van der Waals surface area contributed by atoms with Crippen LogP contribution in [0.5, 0.6) is 0 Å². The van der Waals surface area contributed by atoms with Crippen LogP contribution in [-0.2, 0) is 0 Å². The minimum atomic E-state index is -0.427. The first-order chi connectivity index (χ1) is 8.31. The van der Waals surface area contributed by atoms with E-state index < -0.39 is 5.95 Å². The van der Waals surface area contributed by atoms with E-state index in [1.54, 1.807) is 12.1 Å². The second-order valence-corrected chi connectivity index (χ2v) is 4.72. The van der Waals surface area contributed by atoms with Gasteiger partial charge in [0, 0.05) is 45.3 Å². The molecule has 0 aromatic carbocycles. The lowest BCUT2D eigenvalue weighted by Crippen LogP contribution is -2.62. The molecular formula is C12H17FN4. The molecule has 1 unspecified atom stereocenters. The maximum atomic E-state index is 12.9. The Bertz CT molecular complexity index is 390. The Morgan fingerprint density at radius 3 is 2.76 bits per heavy atom. The number of pyridine rings is 1. The van der Waals surface area contributed by atoms with Crippen LogP contribution in [0, 0.1) is 5.95 Å². The molecule has 5 heteroatoms. The van der Waals surface area contributed by atoms with Crippen molar-refractivity contribution in [1.82, 2.24) is 14.8 Å². The summed E-state index contributed by atoms with van der Waals surface area (Å²) in [6.07, 6.45) is 0. The Hall–Kier alpha value is -1.20. The molecule has 0 radical (unpaired) electrons. The Morgan fingerprint density at radius 2 is 2.12 bits per heavy atom. The number of nitrogens with one attached hydrogen (secondary N) is 1. The highest BCUT2D eigenvalue weighted by atomic mass is 19.1. The molecule has 0 aliphatic carbocycles. The van der Waals surface area contributed by atoms with Crippen molar-refractivity contribution < 1.29 is 4.39 Å². The first-order valence-electron chi connectivity index (χ1n) is 6.14. The van der Waals surface area contributed by atoms with Gasteiger partial charge in [0.05, 0.1) is 0 Å². The van der Waals surface area contributed by atoms with Crippen molar-refractivity contribution in [2.24, 2.45) is 0 Å². The topological polar surface area (TPSA) is 31.4 Å². The number of hydrogen-bond acceptors (Lipinski definition) is 4. The van der Waals surface area contributed by atoms with Gasteiger partial charge in [-0.3, -0.25) is 9.80 Å². The molecule has 3 saturated heterocycles. The molecule has 4 heterocycles. The van der Waals surface area contributed by atoms with Gasteiger partial charge in [-0.05, 0) is 12.1 Å². The van der Waals surface area contributed by atoms with Crippen molar-refractivity contribution in [3.05, 3.63) is 24.1 Å². The number of piperazine rings is 3. The van der Waals surface area contributed by atoms with Crippen LogP contribution in [0.1, 0.15) is 0 Å². The summed E-state index contributed by atoms with van der Waals surface area (Å²) in [5.74, 6) is 0.201. The smallest absolute Gasteiger partial charge is 0.214 e. The Balaban J connectivity index is 1.57. The van der Waals surface area contributed by atoms with Gasteiger partial charge in [-0.1, -0.05) is 6.07 Å². The van der Waals surface area contributed by atoms with E-state index in [0.29, 0.717) is 11.9 Å². The van der Waals surface area contributed by atoms with Gasteiger partial charge in [-0.2, -0.15) is 4.39 Å². The quantitative estimate of drug-likeness (QED) is 0.780. The molecule has 1 N–H and O–H groups in total. The highest BCUT2D eigenvalue weighted by Crippen LogP contribution is 2.16. The fraction of sp³-hybridized carbons (Fsp3) is 0.583. The zero-order valence-corrected chi connectivity index (χ0v) is 9.77. The van der Waals surface area contributed by atoms with Crippen LogP contribution in [0.3, 0.4) is 0 Å². The Labute approximate surface area is 100 Å². The molecular weight excluding hydrogens is 219 g/mol. The molecule has 3 aliphatic heterocycles. The van der Waals surface area contributed by atoms with Gasteiger partial charge in [-0.25, -0.2) is 4.98 Å². The van der Waals surface area contributed by atoms with Gasteiger partial charge < -0.3 is 5.32 Å². The SMILES string of the molecule is Fc1cccc(NCC2CN3CCN2CC3)n1. The summed E-state index contributed by atoms with van der Waals surface area (Å²) in [4.78, 5) is 8.81. The number of anilines is 1. The number of aromatic nitrogens is 1. The molecule has 4 nitrogen and oxygen atoms in total. The lowest BCUT2D eigenvalue weighted by molar-refractivity contribution is 0.0189. The summed E-state index contributed by atoms with van der Waals surface area (Å²) in [6.45, 7) is 6.64. The van der Waals surface area contributed by atoms with Crippen molar-refractivity contribution in [2.75, 3.05) is 44.6 Å². The van der Waals surface area contributed by atoms with Gasteiger partial charge in [0.25, 0.3) is 0 Å². The van der Waals surface area contributed by atoms with Gasteiger partial charge in [0.1, 0.15) is 5.82 Å². The summed E-state index contributed by atoms with van der Waals surface area (Å²) < 4.78 is 12.9. The average Bonchev–Trinajstić information content (AvgIpc) is 2.38. The fourth-order valence-electron chi connectivity index (χ4n) is 2.65. The van der Waals surface area contributed by atoms with E-state index in [2.05, 4.69) is 20.1 Å². The number of rotatable bonds is 3. The summed E-state index contributed by atoms with van der Waals surface area (Å²) in [6, 6.07) is 5.38. The van der Waals surface area contributed by atoms with E-state index in [4.69, 9.17) is 0 Å². The molecule has 0 amide bonds. The molecule has 1 aromatic heterocycles.